The number of piperazine rings is 1. The zero-order valence-electron chi connectivity index (χ0n) is 28.9. The molecule has 7 nitrogen and oxygen atoms in total. The molecule has 0 spiro atoms. The Balaban J connectivity index is 1.63. The third-order valence-corrected chi connectivity index (χ3v) is 4.69. The first kappa shape index (κ1) is 11.9. The van der Waals surface area contributed by atoms with Gasteiger partial charge in [0.25, 0.3) is 0 Å². The van der Waals surface area contributed by atoms with Crippen molar-refractivity contribution in [2.24, 2.45) is 0 Å². The summed E-state index contributed by atoms with van der Waals surface area (Å²) in [5.41, 5.74) is -1.35. The number of aryl methyl sites for hydroxylation is 2. The van der Waals surface area contributed by atoms with Crippen molar-refractivity contribution in [3.8, 4) is 11.5 Å². The number of β-amino-alcohol motifs (C(OH)–C–C–N with tert-alkyl or cyclic N) is 1. The van der Waals surface area contributed by atoms with E-state index in [1.807, 2.05) is 0 Å². The summed E-state index contributed by atoms with van der Waals surface area (Å²) in [6.45, 7) is -8.71. The van der Waals surface area contributed by atoms with Gasteiger partial charge in [-0.1, -0.05) is 30.3 Å². The van der Waals surface area contributed by atoms with Crippen molar-refractivity contribution in [3.05, 3.63) is 53.6 Å². The molecule has 31 heavy (non-hydrogen) atoms. The highest BCUT2D eigenvalue weighted by Gasteiger charge is 2.21. The molecule has 0 saturated carbocycles. The normalized spacial score (nSPS) is 24.4. The highest BCUT2D eigenvalue weighted by Crippen LogP contribution is 2.25. The average molecular weight is 440 g/mol. The van der Waals surface area contributed by atoms with Crippen LogP contribution in [0.4, 0.5) is 5.69 Å². The maximum absolute atomic E-state index is 13.1. The van der Waals surface area contributed by atoms with Gasteiger partial charge >= 0.3 is 0 Å². The van der Waals surface area contributed by atoms with Crippen LogP contribution in [0.25, 0.3) is 0 Å². The van der Waals surface area contributed by atoms with Crippen molar-refractivity contribution in [1.82, 2.24) is 9.80 Å². The van der Waals surface area contributed by atoms with Crippen LogP contribution in [0.3, 0.4) is 0 Å². The second-order valence-corrected chi connectivity index (χ2v) is 6.96. The van der Waals surface area contributed by atoms with Gasteiger partial charge in [0.1, 0.15) is 12.7 Å². The highest BCUT2D eigenvalue weighted by atomic mass is 16.5. The lowest BCUT2D eigenvalue weighted by atomic mass is 10.1. The van der Waals surface area contributed by atoms with Crippen molar-refractivity contribution in [3.63, 3.8) is 0 Å². The Morgan fingerprint density at radius 3 is 2.48 bits per heavy atom. The molecule has 1 saturated heterocycles. The molecule has 1 atom stereocenters. The fourth-order valence-corrected chi connectivity index (χ4v) is 3.11. The summed E-state index contributed by atoms with van der Waals surface area (Å²) >= 11 is 0. The molecule has 0 aromatic heterocycles. The molecule has 1 amide bonds. The zero-order chi connectivity index (χ0) is 32.4. The molecule has 0 radical (unpaired) electrons. The smallest absolute Gasteiger partial charge is 0.238 e. The molecular formula is C24H33N3O4. The lowest BCUT2D eigenvalue weighted by Gasteiger charge is -2.35. The van der Waals surface area contributed by atoms with Gasteiger partial charge in [0, 0.05) is 46.6 Å². The Hall–Kier alpha value is -2.61. The lowest BCUT2D eigenvalue weighted by Crippen LogP contribution is -2.50. The molecule has 0 bridgehead atoms. The summed E-state index contributed by atoms with van der Waals surface area (Å²) in [7, 11) is -2.73. The average Bonchev–Trinajstić information content (AvgIpc) is 2.86. The van der Waals surface area contributed by atoms with Crippen LogP contribution in [0.2, 0.25) is 0 Å². The number of benzene rings is 2. The number of aliphatic hydroxyl groups is 1. The minimum absolute atomic E-state index is 0.0142. The number of anilines is 1. The van der Waals surface area contributed by atoms with E-state index in [1.165, 1.54) is 29.2 Å². The van der Waals surface area contributed by atoms with Crippen molar-refractivity contribution < 1.29 is 35.8 Å². The largest absolute Gasteiger partial charge is 0.493 e. The summed E-state index contributed by atoms with van der Waals surface area (Å²) in [5, 5.41) is 12.8. The fraction of sp³-hybridized carbons (Fsp3) is 0.458. The standard InChI is InChI=1S/C24H33N3O4/c1-18-7-6-8-19(2)24(18)25-23(29)16-27-13-11-26(12-14-27)15-20(28)17-31-22-10-5-4-9-21(22)30-3/h4-10,20,28H,11-17H2,1-3H3,(H,25,29)/i1D3,2D3,3D3,16D2,20D. The van der Waals surface area contributed by atoms with Gasteiger partial charge in [-0.25, -0.2) is 0 Å². The number of rotatable bonds is 9. The topological polar surface area (TPSA) is 74.3 Å². The van der Waals surface area contributed by atoms with E-state index in [1.54, 1.807) is 11.0 Å². The first-order valence-corrected chi connectivity index (χ1v) is 9.66. The number of hydrogen-bond donors (Lipinski definition) is 2. The fourth-order valence-electron chi connectivity index (χ4n) is 3.11. The Morgan fingerprint density at radius 1 is 1.13 bits per heavy atom. The van der Waals surface area contributed by atoms with Gasteiger partial charge in [0.2, 0.25) is 5.91 Å². The molecule has 2 aromatic rings. The summed E-state index contributed by atoms with van der Waals surface area (Å²) < 4.78 is 104. The van der Waals surface area contributed by atoms with Crippen LogP contribution in [-0.2, 0) is 4.79 Å². The molecule has 3 rings (SSSR count). The molecule has 2 N–H and O–H groups in total. The molecule has 1 unspecified atom stereocenters. The van der Waals surface area contributed by atoms with Crippen molar-refractivity contribution in [2.75, 3.05) is 58.2 Å². The number of carbonyl (C=O) groups is 1. The number of para-hydroxylation sites is 3. The van der Waals surface area contributed by atoms with Crippen molar-refractivity contribution in [1.29, 1.82) is 0 Å². The number of ether oxygens (including phenoxy) is 2. The first-order chi connectivity index (χ1) is 19.6. The number of nitrogens with zero attached hydrogens (tertiary/aromatic N) is 2. The van der Waals surface area contributed by atoms with E-state index in [9.17, 15) is 9.90 Å². The maximum Gasteiger partial charge on any atom is 0.238 e. The van der Waals surface area contributed by atoms with E-state index >= 15 is 0 Å². The van der Waals surface area contributed by atoms with Crippen molar-refractivity contribution in [2.45, 2.75) is 19.8 Å². The molecule has 0 aliphatic carbocycles. The summed E-state index contributed by atoms with van der Waals surface area (Å²) in [4.78, 5) is 15.9. The lowest BCUT2D eigenvalue weighted by molar-refractivity contribution is -0.117. The predicted molar refractivity (Wildman–Crippen MR) is 122 cm³/mol. The Kier molecular flexibility index (Phi) is 4.26. The molecule has 1 aliphatic heterocycles. The van der Waals surface area contributed by atoms with Crippen LogP contribution >= 0.6 is 0 Å². The molecule has 1 fully saturated rings. The number of carbonyl (C=O) groups excluding carboxylic acids is 1. The van der Waals surface area contributed by atoms with Crippen molar-refractivity contribution >= 4 is 11.6 Å². The maximum atomic E-state index is 13.1. The van der Waals surface area contributed by atoms with E-state index in [2.05, 4.69) is 5.32 Å². The van der Waals surface area contributed by atoms with Gasteiger partial charge in [0.15, 0.2) is 11.5 Å². The van der Waals surface area contributed by atoms with Crippen LogP contribution in [0.1, 0.15) is 27.6 Å². The summed E-state index contributed by atoms with van der Waals surface area (Å²) in [6, 6.07) is 9.46. The second kappa shape index (κ2) is 11.1. The predicted octanol–water partition coefficient (Wildman–Crippen LogP) is 2.31. The van der Waals surface area contributed by atoms with Crippen LogP contribution in [0.15, 0.2) is 42.5 Å². The molecule has 2 aromatic carbocycles. The SMILES string of the molecule is [2H]C(O)(COc1ccccc1OC([2H])([2H])[2H])CN1CCN(C([2H])([2H])C(=O)Nc2c(C([2H])([2H])[2H])cccc2C([2H])([2H])[2H])CC1. The van der Waals surface area contributed by atoms with E-state index in [0.29, 0.717) is 0 Å². The molecular weight excluding hydrogens is 394 g/mol. The minimum atomic E-state index is -2.77. The monoisotopic (exact) mass is 439 g/mol. The third-order valence-electron chi connectivity index (χ3n) is 4.69. The van der Waals surface area contributed by atoms with E-state index in [0.717, 1.165) is 12.1 Å². The quantitative estimate of drug-likeness (QED) is 0.625. The zero-order valence-corrected chi connectivity index (χ0v) is 16.9. The van der Waals surface area contributed by atoms with E-state index in [4.69, 9.17) is 25.9 Å². The summed E-state index contributed by atoms with van der Waals surface area (Å²) in [5.74, 6) is -1.30. The number of hydrogen-bond acceptors (Lipinski definition) is 6. The highest BCUT2D eigenvalue weighted by molar-refractivity contribution is 5.93. The Labute approximate surface area is 201 Å². The van der Waals surface area contributed by atoms with Gasteiger partial charge in [-0.3, -0.25) is 14.6 Å². The van der Waals surface area contributed by atoms with Crippen LogP contribution in [0, 0.1) is 13.7 Å². The molecule has 7 heteroatoms. The summed E-state index contributed by atoms with van der Waals surface area (Å²) in [6.07, 6.45) is -2.14. The van der Waals surface area contributed by atoms with Crippen LogP contribution in [-0.4, -0.2) is 79.8 Å². The molecule has 1 aliphatic rings. The van der Waals surface area contributed by atoms with Gasteiger partial charge < -0.3 is 19.9 Å². The number of amides is 1. The molecule has 1 heterocycles. The first-order valence-electron chi connectivity index (χ1n) is 15.7. The van der Waals surface area contributed by atoms with Gasteiger partial charge in [-0.15, -0.1) is 0 Å². The molecule has 168 valence electrons. The van der Waals surface area contributed by atoms with Gasteiger partial charge in [-0.05, 0) is 37.0 Å². The van der Waals surface area contributed by atoms with Gasteiger partial charge in [0.05, 0.1) is 21.8 Å². The van der Waals surface area contributed by atoms with E-state index < -0.39 is 62.6 Å². The minimum Gasteiger partial charge on any atom is -0.493 e. The van der Waals surface area contributed by atoms with Gasteiger partial charge in [-0.2, -0.15) is 0 Å². The number of methoxy groups -OCH3 is 1. The van der Waals surface area contributed by atoms with Crippen LogP contribution < -0.4 is 14.8 Å². The Bertz CT molecular complexity index is 1240. The third kappa shape index (κ3) is 6.69. The van der Waals surface area contributed by atoms with Crippen LogP contribution in [0.5, 0.6) is 11.5 Å². The number of nitrogens with one attached hydrogen (secondary N) is 1. The Morgan fingerprint density at radius 2 is 1.81 bits per heavy atom. The van der Waals surface area contributed by atoms with E-state index in [-0.39, 0.29) is 44.2 Å². The second-order valence-electron chi connectivity index (χ2n) is 6.96.